The molecule has 0 aliphatic rings. The monoisotopic (exact) mass is 293 g/mol. The quantitative estimate of drug-likeness (QED) is 0.609. The predicted molar refractivity (Wildman–Crippen MR) is 83.3 cm³/mol. The van der Waals surface area contributed by atoms with Crippen LogP contribution in [0.15, 0.2) is 48.9 Å². The van der Waals surface area contributed by atoms with Crippen molar-refractivity contribution in [2.45, 2.75) is 0 Å². The topological polar surface area (TPSA) is 50.8 Å². The van der Waals surface area contributed by atoms with E-state index in [0.717, 1.165) is 33.1 Å². The van der Waals surface area contributed by atoms with Crippen molar-refractivity contribution < 1.29 is 9.13 Å². The standard InChI is InChI=1S/C17H12FN3O/c1-22-17-12(18)4-5-13-16(17)11-7-14(20-9-15(11)21-13)10-3-2-6-19-8-10/h2-9,21H,1H3. The van der Waals surface area contributed by atoms with E-state index < -0.39 is 0 Å². The Morgan fingerprint density at radius 2 is 2.05 bits per heavy atom. The van der Waals surface area contributed by atoms with Crippen LogP contribution in [0, 0.1) is 5.82 Å². The van der Waals surface area contributed by atoms with Crippen molar-refractivity contribution in [3.63, 3.8) is 0 Å². The first-order chi connectivity index (χ1) is 10.8. The van der Waals surface area contributed by atoms with Gasteiger partial charge in [-0.15, -0.1) is 0 Å². The first-order valence-electron chi connectivity index (χ1n) is 6.82. The average molecular weight is 293 g/mol. The molecule has 3 aromatic heterocycles. The van der Waals surface area contributed by atoms with Gasteiger partial charge in [0.1, 0.15) is 0 Å². The van der Waals surface area contributed by atoms with E-state index in [-0.39, 0.29) is 11.6 Å². The lowest BCUT2D eigenvalue weighted by Crippen LogP contribution is -1.88. The van der Waals surface area contributed by atoms with E-state index >= 15 is 0 Å². The minimum Gasteiger partial charge on any atom is -0.493 e. The number of halogens is 1. The van der Waals surface area contributed by atoms with Crippen LogP contribution in [0.4, 0.5) is 4.39 Å². The van der Waals surface area contributed by atoms with Gasteiger partial charge in [-0.05, 0) is 30.3 Å². The van der Waals surface area contributed by atoms with Crippen LogP contribution in [-0.2, 0) is 0 Å². The summed E-state index contributed by atoms with van der Waals surface area (Å²) in [5.41, 5.74) is 3.35. The van der Waals surface area contributed by atoms with Gasteiger partial charge in [-0.2, -0.15) is 0 Å². The Hall–Kier alpha value is -2.95. The van der Waals surface area contributed by atoms with E-state index in [2.05, 4.69) is 15.0 Å². The normalized spacial score (nSPS) is 11.2. The lowest BCUT2D eigenvalue weighted by molar-refractivity contribution is 0.392. The highest BCUT2D eigenvalue weighted by Crippen LogP contribution is 2.36. The molecule has 0 saturated heterocycles. The maximum atomic E-state index is 14.0. The summed E-state index contributed by atoms with van der Waals surface area (Å²) in [7, 11) is 1.47. The number of hydrogen-bond donors (Lipinski definition) is 1. The van der Waals surface area contributed by atoms with E-state index in [1.807, 2.05) is 18.2 Å². The maximum absolute atomic E-state index is 14.0. The highest BCUT2D eigenvalue weighted by Gasteiger charge is 2.14. The summed E-state index contributed by atoms with van der Waals surface area (Å²) in [5, 5.41) is 1.60. The minimum atomic E-state index is -0.379. The first kappa shape index (κ1) is 12.8. The molecule has 0 spiro atoms. The highest BCUT2D eigenvalue weighted by atomic mass is 19.1. The number of rotatable bonds is 2. The Kier molecular flexibility index (Phi) is 2.79. The van der Waals surface area contributed by atoms with Crippen molar-refractivity contribution in [3.05, 3.63) is 54.7 Å². The SMILES string of the molecule is COc1c(F)ccc2[nH]c3cnc(-c4cccnc4)cc3c12. The van der Waals surface area contributed by atoms with Crippen LogP contribution in [0.1, 0.15) is 0 Å². The number of pyridine rings is 2. The van der Waals surface area contributed by atoms with E-state index in [9.17, 15) is 4.39 Å². The van der Waals surface area contributed by atoms with Crippen LogP contribution in [0.2, 0.25) is 0 Å². The zero-order chi connectivity index (χ0) is 15.1. The molecule has 4 aromatic rings. The van der Waals surface area contributed by atoms with E-state index in [0.29, 0.717) is 0 Å². The summed E-state index contributed by atoms with van der Waals surface area (Å²) >= 11 is 0. The van der Waals surface area contributed by atoms with Gasteiger partial charge in [0.15, 0.2) is 11.6 Å². The molecule has 0 bridgehead atoms. The fourth-order valence-corrected chi connectivity index (χ4v) is 2.71. The molecule has 0 radical (unpaired) electrons. The number of fused-ring (bicyclic) bond motifs is 3. The van der Waals surface area contributed by atoms with Gasteiger partial charge in [-0.1, -0.05) is 0 Å². The number of H-pyrrole nitrogens is 1. The third kappa shape index (κ3) is 1.83. The molecule has 5 heteroatoms. The Labute approximate surface area is 125 Å². The minimum absolute atomic E-state index is 0.243. The number of nitrogens with one attached hydrogen (secondary N) is 1. The van der Waals surface area contributed by atoms with Gasteiger partial charge >= 0.3 is 0 Å². The molecule has 22 heavy (non-hydrogen) atoms. The molecule has 1 aromatic carbocycles. The maximum Gasteiger partial charge on any atom is 0.165 e. The average Bonchev–Trinajstić information content (AvgIpc) is 2.93. The van der Waals surface area contributed by atoms with Crippen LogP contribution in [0.25, 0.3) is 33.1 Å². The number of benzene rings is 1. The Morgan fingerprint density at radius 1 is 1.14 bits per heavy atom. The number of nitrogens with zero attached hydrogens (tertiary/aromatic N) is 2. The highest BCUT2D eigenvalue weighted by molar-refractivity contribution is 6.11. The summed E-state index contributed by atoms with van der Waals surface area (Å²) in [6.07, 6.45) is 5.21. The van der Waals surface area contributed by atoms with Crippen LogP contribution < -0.4 is 4.74 Å². The fourth-order valence-electron chi connectivity index (χ4n) is 2.71. The zero-order valence-electron chi connectivity index (χ0n) is 11.8. The molecule has 0 unspecified atom stereocenters. The van der Waals surface area contributed by atoms with Crippen molar-refractivity contribution >= 4 is 21.8 Å². The summed E-state index contributed by atoms with van der Waals surface area (Å²) < 4.78 is 19.2. The Balaban J connectivity index is 2.06. The predicted octanol–water partition coefficient (Wildman–Crippen LogP) is 3.93. The smallest absolute Gasteiger partial charge is 0.165 e. The van der Waals surface area contributed by atoms with Crippen LogP contribution in [0.5, 0.6) is 5.75 Å². The number of aromatic amines is 1. The first-order valence-corrected chi connectivity index (χ1v) is 6.82. The van der Waals surface area contributed by atoms with Gasteiger partial charge in [0.25, 0.3) is 0 Å². The van der Waals surface area contributed by atoms with Crippen molar-refractivity contribution in [1.82, 2.24) is 15.0 Å². The second-order valence-electron chi connectivity index (χ2n) is 4.99. The van der Waals surface area contributed by atoms with Gasteiger partial charge in [0, 0.05) is 23.3 Å². The van der Waals surface area contributed by atoms with Crippen LogP contribution in [0.3, 0.4) is 0 Å². The van der Waals surface area contributed by atoms with Crippen LogP contribution in [-0.4, -0.2) is 22.1 Å². The second kappa shape index (κ2) is 4.80. The third-order valence-corrected chi connectivity index (χ3v) is 3.71. The molecule has 0 fully saturated rings. The van der Waals surface area contributed by atoms with Gasteiger partial charge in [0.2, 0.25) is 0 Å². The molecule has 0 amide bonds. The fraction of sp³-hybridized carbons (Fsp3) is 0.0588. The van der Waals surface area contributed by atoms with Gasteiger partial charge < -0.3 is 9.72 Å². The Morgan fingerprint density at radius 3 is 2.82 bits per heavy atom. The summed E-state index contributed by atoms with van der Waals surface area (Å²) in [6, 6.07) is 8.82. The summed E-state index contributed by atoms with van der Waals surface area (Å²) in [6.45, 7) is 0. The summed E-state index contributed by atoms with van der Waals surface area (Å²) in [4.78, 5) is 11.8. The molecular weight excluding hydrogens is 281 g/mol. The molecule has 4 rings (SSSR count). The van der Waals surface area contributed by atoms with Gasteiger partial charge in [-0.25, -0.2) is 4.39 Å². The molecule has 3 heterocycles. The van der Waals surface area contributed by atoms with E-state index in [4.69, 9.17) is 4.74 Å². The van der Waals surface area contributed by atoms with Crippen molar-refractivity contribution in [3.8, 4) is 17.0 Å². The number of methoxy groups -OCH3 is 1. The van der Waals surface area contributed by atoms with E-state index in [1.54, 1.807) is 24.7 Å². The lowest BCUT2D eigenvalue weighted by atomic mass is 10.1. The van der Waals surface area contributed by atoms with Crippen LogP contribution >= 0.6 is 0 Å². The van der Waals surface area contributed by atoms with Crippen molar-refractivity contribution in [2.24, 2.45) is 0 Å². The summed E-state index contributed by atoms with van der Waals surface area (Å²) in [5.74, 6) is -0.136. The molecule has 0 aliphatic heterocycles. The zero-order valence-corrected chi connectivity index (χ0v) is 11.8. The largest absolute Gasteiger partial charge is 0.493 e. The third-order valence-electron chi connectivity index (χ3n) is 3.71. The number of ether oxygens (including phenoxy) is 1. The Bertz CT molecular complexity index is 979. The van der Waals surface area contributed by atoms with Gasteiger partial charge in [0.05, 0.1) is 35.4 Å². The molecule has 0 saturated carbocycles. The molecule has 0 atom stereocenters. The molecule has 4 nitrogen and oxygen atoms in total. The molecule has 108 valence electrons. The number of aromatic nitrogens is 3. The number of hydrogen-bond acceptors (Lipinski definition) is 3. The molecule has 1 N–H and O–H groups in total. The van der Waals surface area contributed by atoms with Crippen molar-refractivity contribution in [1.29, 1.82) is 0 Å². The van der Waals surface area contributed by atoms with Crippen molar-refractivity contribution in [2.75, 3.05) is 7.11 Å². The molecule has 0 aliphatic carbocycles. The van der Waals surface area contributed by atoms with Gasteiger partial charge in [-0.3, -0.25) is 9.97 Å². The van der Waals surface area contributed by atoms with E-state index in [1.165, 1.54) is 13.2 Å². The lowest BCUT2D eigenvalue weighted by Gasteiger charge is -2.04. The molecular formula is C17H12FN3O. The second-order valence-corrected chi connectivity index (χ2v) is 4.99.